The van der Waals surface area contributed by atoms with Crippen LogP contribution < -0.4 is 5.32 Å². The first-order valence-corrected chi connectivity index (χ1v) is 5.26. The molecule has 1 aliphatic rings. The van der Waals surface area contributed by atoms with E-state index in [1.807, 2.05) is 6.92 Å². The van der Waals surface area contributed by atoms with E-state index in [0.717, 1.165) is 24.8 Å². The van der Waals surface area contributed by atoms with E-state index >= 15 is 0 Å². The Hall–Kier alpha value is -0.830. The highest BCUT2D eigenvalue weighted by Crippen LogP contribution is 2.14. The lowest BCUT2D eigenvalue weighted by Crippen LogP contribution is -2.35. The summed E-state index contributed by atoms with van der Waals surface area (Å²) in [5.41, 5.74) is 1.07. The van der Waals surface area contributed by atoms with Crippen LogP contribution in [0.15, 0.2) is 12.2 Å². The van der Waals surface area contributed by atoms with E-state index in [2.05, 4.69) is 11.9 Å². The van der Waals surface area contributed by atoms with Gasteiger partial charge in [0.1, 0.15) is 0 Å². The van der Waals surface area contributed by atoms with E-state index in [-0.39, 0.29) is 11.8 Å². The van der Waals surface area contributed by atoms with Crippen LogP contribution in [-0.4, -0.2) is 25.7 Å². The van der Waals surface area contributed by atoms with Crippen molar-refractivity contribution in [1.29, 1.82) is 0 Å². The maximum absolute atomic E-state index is 11.6. The van der Waals surface area contributed by atoms with Crippen LogP contribution in [0.3, 0.4) is 0 Å². The predicted octanol–water partition coefficient (Wildman–Crippen LogP) is 1.50. The summed E-state index contributed by atoms with van der Waals surface area (Å²) in [6.45, 7) is 7.94. The third-order valence-electron chi connectivity index (χ3n) is 2.60. The van der Waals surface area contributed by atoms with Gasteiger partial charge in [0.05, 0.1) is 0 Å². The Labute approximate surface area is 85.5 Å². The number of hydrogen-bond acceptors (Lipinski definition) is 2. The maximum atomic E-state index is 11.6. The summed E-state index contributed by atoms with van der Waals surface area (Å²) >= 11 is 0. The molecule has 1 rings (SSSR count). The van der Waals surface area contributed by atoms with Gasteiger partial charge in [0.2, 0.25) is 5.91 Å². The van der Waals surface area contributed by atoms with Crippen molar-refractivity contribution in [2.45, 2.75) is 26.2 Å². The fraction of sp³-hybridized carbons (Fsp3) is 0.727. The lowest BCUT2D eigenvalue weighted by atomic mass is 9.99. The van der Waals surface area contributed by atoms with Gasteiger partial charge >= 0.3 is 0 Å². The largest absolute Gasteiger partial charge is 0.381 e. The first-order valence-electron chi connectivity index (χ1n) is 5.26. The van der Waals surface area contributed by atoms with Gasteiger partial charge in [-0.05, 0) is 19.3 Å². The predicted molar refractivity (Wildman–Crippen MR) is 56.0 cm³/mol. The summed E-state index contributed by atoms with van der Waals surface area (Å²) in [6, 6.07) is 0. The molecule has 1 N–H and O–H groups in total. The van der Waals surface area contributed by atoms with Crippen molar-refractivity contribution in [2.24, 2.45) is 5.92 Å². The van der Waals surface area contributed by atoms with E-state index in [9.17, 15) is 4.79 Å². The Kier molecular flexibility index (Phi) is 4.66. The summed E-state index contributed by atoms with van der Waals surface area (Å²) in [5.74, 6) is 0.302. The minimum Gasteiger partial charge on any atom is -0.381 e. The van der Waals surface area contributed by atoms with Gasteiger partial charge in [0.25, 0.3) is 0 Å². The molecule has 1 aliphatic heterocycles. The fourth-order valence-electron chi connectivity index (χ4n) is 1.44. The molecule has 80 valence electrons. The molecule has 0 saturated carbocycles. The van der Waals surface area contributed by atoms with Crippen molar-refractivity contribution in [1.82, 2.24) is 5.32 Å². The minimum atomic E-state index is 0.147. The van der Waals surface area contributed by atoms with Crippen molar-refractivity contribution in [3.05, 3.63) is 12.2 Å². The quantitative estimate of drug-likeness (QED) is 0.693. The number of carbonyl (C=O) groups excluding carboxylic acids is 1. The Bertz CT molecular complexity index is 207. The molecule has 0 aromatic rings. The molecule has 1 heterocycles. The molecule has 0 bridgehead atoms. The molecule has 3 heteroatoms. The molecule has 3 nitrogen and oxygen atoms in total. The lowest BCUT2D eigenvalue weighted by molar-refractivity contribution is -0.127. The average molecular weight is 197 g/mol. The molecule has 1 saturated heterocycles. The fourth-order valence-corrected chi connectivity index (χ4v) is 1.44. The van der Waals surface area contributed by atoms with Crippen molar-refractivity contribution in [3.63, 3.8) is 0 Å². The van der Waals surface area contributed by atoms with Crippen molar-refractivity contribution in [2.75, 3.05) is 19.8 Å². The van der Waals surface area contributed by atoms with Crippen LogP contribution in [0, 0.1) is 5.92 Å². The SMILES string of the molecule is C=C(CC)CNC(=O)C1CCOCC1. The van der Waals surface area contributed by atoms with Gasteiger partial charge in [0, 0.05) is 25.7 Å². The van der Waals surface area contributed by atoms with Crippen LogP contribution >= 0.6 is 0 Å². The number of nitrogens with one attached hydrogen (secondary N) is 1. The molecule has 0 aliphatic carbocycles. The topological polar surface area (TPSA) is 38.3 Å². The molecular weight excluding hydrogens is 178 g/mol. The van der Waals surface area contributed by atoms with Crippen molar-refractivity contribution < 1.29 is 9.53 Å². The first kappa shape index (κ1) is 11.2. The van der Waals surface area contributed by atoms with Gasteiger partial charge in [-0.2, -0.15) is 0 Å². The van der Waals surface area contributed by atoms with Crippen LogP contribution in [-0.2, 0) is 9.53 Å². The summed E-state index contributed by atoms with van der Waals surface area (Å²) in [4.78, 5) is 11.6. The number of amides is 1. The zero-order chi connectivity index (χ0) is 10.4. The van der Waals surface area contributed by atoms with Gasteiger partial charge in [-0.1, -0.05) is 19.1 Å². The number of ether oxygens (including phenoxy) is 1. The Balaban J connectivity index is 2.23. The van der Waals surface area contributed by atoms with E-state index in [0.29, 0.717) is 19.8 Å². The molecule has 14 heavy (non-hydrogen) atoms. The molecule has 1 fully saturated rings. The van der Waals surface area contributed by atoms with Crippen molar-refractivity contribution >= 4 is 5.91 Å². The lowest BCUT2D eigenvalue weighted by Gasteiger charge is -2.21. The smallest absolute Gasteiger partial charge is 0.223 e. The zero-order valence-electron chi connectivity index (χ0n) is 8.84. The highest BCUT2D eigenvalue weighted by molar-refractivity contribution is 5.78. The molecule has 0 aromatic carbocycles. The molecule has 0 spiro atoms. The second-order valence-electron chi connectivity index (χ2n) is 3.71. The summed E-state index contributed by atoms with van der Waals surface area (Å²) in [6.07, 6.45) is 2.63. The van der Waals surface area contributed by atoms with Gasteiger partial charge < -0.3 is 10.1 Å². The van der Waals surface area contributed by atoms with Crippen LogP contribution in [0.5, 0.6) is 0 Å². The summed E-state index contributed by atoms with van der Waals surface area (Å²) < 4.78 is 5.20. The van der Waals surface area contributed by atoms with Gasteiger partial charge in [0.15, 0.2) is 0 Å². The average Bonchev–Trinajstić information content (AvgIpc) is 2.26. The Morgan fingerprint density at radius 2 is 2.14 bits per heavy atom. The zero-order valence-corrected chi connectivity index (χ0v) is 8.84. The van der Waals surface area contributed by atoms with E-state index in [1.165, 1.54) is 0 Å². The maximum Gasteiger partial charge on any atom is 0.223 e. The molecule has 0 atom stereocenters. The summed E-state index contributed by atoms with van der Waals surface area (Å²) in [5, 5.41) is 2.91. The van der Waals surface area contributed by atoms with Crippen molar-refractivity contribution in [3.8, 4) is 0 Å². The van der Waals surface area contributed by atoms with E-state index in [4.69, 9.17) is 4.74 Å². The van der Waals surface area contributed by atoms with Gasteiger partial charge in [-0.3, -0.25) is 4.79 Å². The monoisotopic (exact) mass is 197 g/mol. The molecular formula is C11H19NO2. The second-order valence-corrected chi connectivity index (χ2v) is 3.71. The number of rotatable bonds is 4. The van der Waals surface area contributed by atoms with Crippen LogP contribution in [0.2, 0.25) is 0 Å². The number of hydrogen-bond donors (Lipinski definition) is 1. The highest BCUT2D eigenvalue weighted by Gasteiger charge is 2.20. The number of carbonyl (C=O) groups is 1. The van der Waals surface area contributed by atoms with E-state index < -0.39 is 0 Å². The van der Waals surface area contributed by atoms with Crippen LogP contribution in [0.25, 0.3) is 0 Å². The molecule has 0 radical (unpaired) electrons. The first-order chi connectivity index (χ1) is 6.74. The molecule has 0 aromatic heterocycles. The summed E-state index contributed by atoms with van der Waals surface area (Å²) in [7, 11) is 0. The van der Waals surface area contributed by atoms with E-state index in [1.54, 1.807) is 0 Å². The normalized spacial score (nSPS) is 17.8. The van der Waals surface area contributed by atoms with Crippen LogP contribution in [0.4, 0.5) is 0 Å². The molecule has 0 unspecified atom stereocenters. The Morgan fingerprint density at radius 1 is 1.50 bits per heavy atom. The third kappa shape index (κ3) is 3.50. The third-order valence-corrected chi connectivity index (χ3v) is 2.60. The van der Waals surface area contributed by atoms with Gasteiger partial charge in [-0.25, -0.2) is 0 Å². The Morgan fingerprint density at radius 3 is 2.71 bits per heavy atom. The molecule has 1 amide bonds. The van der Waals surface area contributed by atoms with Crippen LogP contribution in [0.1, 0.15) is 26.2 Å². The van der Waals surface area contributed by atoms with Gasteiger partial charge in [-0.15, -0.1) is 0 Å². The minimum absolute atomic E-state index is 0.147. The standard InChI is InChI=1S/C11H19NO2/c1-3-9(2)8-12-11(13)10-4-6-14-7-5-10/h10H,2-8H2,1H3,(H,12,13). The highest BCUT2D eigenvalue weighted by atomic mass is 16.5. The second kappa shape index (κ2) is 5.81.